The van der Waals surface area contributed by atoms with Crippen LogP contribution in [0.2, 0.25) is 5.02 Å². The number of carbonyl (C=O) groups is 1. The molecule has 4 rings (SSSR count). The summed E-state index contributed by atoms with van der Waals surface area (Å²) in [4.78, 5) is 12.2. The molecule has 1 amide bonds. The number of methoxy groups -OCH3 is 1. The first-order valence-corrected chi connectivity index (χ1v) is 12.7. The van der Waals surface area contributed by atoms with Gasteiger partial charge in [0.05, 0.1) is 13.7 Å². The number of aliphatic hydroxyl groups excluding tert-OH is 1. The summed E-state index contributed by atoms with van der Waals surface area (Å²) >= 11 is 6.73. The molecular weight excluding hydrogens is 474 g/mol. The lowest BCUT2D eigenvalue weighted by Crippen LogP contribution is -2.35. The highest BCUT2D eigenvalue weighted by atomic mass is 35.5. The number of alkyl carbamates (subject to hydrolysis) is 1. The van der Waals surface area contributed by atoms with E-state index < -0.39 is 17.8 Å². The first-order valence-electron chi connectivity index (χ1n) is 12.3. The lowest BCUT2D eigenvalue weighted by Gasteiger charge is -2.24. The van der Waals surface area contributed by atoms with Gasteiger partial charge in [0.1, 0.15) is 17.5 Å². The molecule has 0 bridgehead atoms. The Balaban J connectivity index is 1.80. The number of hydrogen-bond donors (Lipinski definition) is 2. The minimum atomic E-state index is -1.04. The Bertz CT molecular complexity index is 1310. The van der Waals surface area contributed by atoms with E-state index in [1.807, 2.05) is 13.0 Å². The topological polar surface area (TPSA) is 67.8 Å². The van der Waals surface area contributed by atoms with Gasteiger partial charge in [0.2, 0.25) is 0 Å². The first-order chi connectivity index (χ1) is 17.0. The van der Waals surface area contributed by atoms with Crippen LogP contribution in [-0.4, -0.2) is 30.5 Å². The summed E-state index contributed by atoms with van der Waals surface area (Å²) in [6, 6.07) is 14.9. The Morgan fingerprint density at radius 3 is 2.42 bits per heavy atom. The van der Waals surface area contributed by atoms with E-state index in [0.29, 0.717) is 21.9 Å². The number of benzene rings is 3. The zero-order chi connectivity index (χ0) is 26.2. The molecule has 0 fully saturated rings. The maximum absolute atomic E-state index is 12.2. The Hall–Kier alpha value is -3.02. The van der Waals surface area contributed by atoms with Crippen molar-refractivity contribution < 1.29 is 19.4 Å². The molecule has 0 saturated carbocycles. The minimum absolute atomic E-state index is 0.0373. The highest BCUT2D eigenvalue weighted by molar-refractivity contribution is 6.32. The van der Waals surface area contributed by atoms with Crippen molar-refractivity contribution in [2.45, 2.75) is 59.2 Å². The van der Waals surface area contributed by atoms with E-state index in [9.17, 15) is 9.90 Å². The molecule has 190 valence electrons. The summed E-state index contributed by atoms with van der Waals surface area (Å²) in [6.45, 7) is 9.33. The number of halogens is 1. The predicted molar refractivity (Wildman–Crippen MR) is 145 cm³/mol. The van der Waals surface area contributed by atoms with Crippen LogP contribution in [-0.2, 0) is 17.6 Å². The Kier molecular flexibility index (Phi) is 7.35. The molecule has 0 radical (unpaired) electrons. The average Bonchev–Trinajstić information content (AvgIpc) is 3.20. The third-order valence-corrected chi connectivity index (χ3v) is 6.97. The number of hydrogen-bond acceptors (Lipinski definition) is 4. The molecule has 0 spiro atoms. The maximum atomic E-state index is 12.2. The van der Waals surface area contributed by atoms with Crippen LogP contribution in [0.3, 0.4) is 0 Å². The second kappa shape index (κ2) is 10.2. The van der Waals surface area contributed by atoms with Crippen molar-refractivity contribution in [3.63, 3.8) is 0 Å². The van der Waals surface area contributed by atoms with Crippen molar-refractivity contribution in [2.24, 2.45) is 0 Å². The predicted octanol–water partition coefficient (Wildman–Crippen LogP) is 7.02. The van der Waals surface area contributed by atoms with Crippen LogP contribution in [0.1, 0.15) is 61.6 Å². The summed E-state index contributed by atoms with van der Waals surface area (Å²) in [5, 5.41) is 14.4. The van der Waals surface area contributed by atoms with Gasteiger partial charge in [0, 0.05) is 16.1 Å². The quantitative estimate of drug-likeness (QED) is 0.294. The molecule has 0 aliphatic heterocycles. The SMILES string of the molecule is CCc1cc2c(c(-c3cc(Cl)c(C)c(C(O)CNC(=O)OC(C)(C)C)c3OC)c1)Cc1ccccc1-2. The number of carbonyl (C=O) groups excluding carboxylic acids is 1. The van der Waals surface area contributed by atoms with Crippen LogP contribution < -0.4 is 10.1 Å². The van der Waals surface area contributed by atoms with Gasteiger partial charge < -0.3 is 19.9 Å². The number of nitrogens with one attached hydrogen (secondary N) is 1. The van der Waals surface area contributed by atoms with Crippen LogP contribution in [0.4, 0.5) is 4.79 Å². The molecular formula is C30H34ClNO4. The van der Waals surface area contributed by atoms with Crippen molar-refractivity contribution in [1.29, 1.82) is 0 Å². The fourth-order valence-electron chi connectivity index (χ4n) is 4.90. The van der Waals surface area contributed by atoms with Crippen LogP contribution in [0, 0.1) is 6.92 Å². The fourth-order valence-corrected chi connectivity index (χ4v) is 5.11. The highest BCUT2D eigenvalue weighted by Gasteiger charge is 2.28. The number of rotatable bonds is 6. The molecule has 0 heterocycles. The average molecular weight is 508 g/mol. The summed E-state index contributed by atoms with van der Waals surface area (Å²) in [5.41, 5.74) is 8.73. The molecule has 6 heteroatoms. The monoisotopic (exact) mass is 507 g/mol. The van der Waals surface area contributed by atoms with Crippen molar-refractivity contribution in [1.82, 2.24) is 5.32 Å². The third kappa shape index (κ3) is 5.09. The van der Waals surface area contributed by atoms with Gasteiger partial charge in [-0.15, -0.1) is 0 Å². The molecule has 1 unspecified atom stereocenters. The molecule has 3 aromatic carbocycles. The van der Waals surface area contributed by atoms with Crippen molar-refractivity contribution in [2.75, 3.05) is 13.7 Å². The minimum Gasteiger partial charge on any atom is -0.496 e. The van der Waals surface area contributed by atoms with Crippen molar-refractivity contribution >= 4 is 17.7 Å². The lowest BCUT2D eigenvalue weighted by atomic mass is 9.89. The zero-order valence-corrected chi connectivity index (χ0v) is 22.5. The normalized spacial score (nSPS) is 13.1. The number of aliphatic hydroxyl groups is 1. The third-order valence-electron chi connectivity index (χ3n) is 6.58. The smallest absolute Gasteiger partial charge is 0.407 e. The van der Waals surface area contributed by atoms with E-state index in [1.165, 1.54) is 27.8 Å². The summed E-state index contributed by atoms with van der Waals surface area (Å²) in [6.07, 6.45) is 0.0770. The van der Waals surface area contributed by atoms with Crippen LogP contribution in [0.5, 0.6) is 5.75 Å². The maximum Gasteiger partial charge on any atom is 0.407 e. The van der Waals surface area contributed by atoms with Gasteiger partial charge in [0.15, 0.2) is 0 Å². The van der Waals surface area contributed by atoms with Crippen LogP contribution in [0.15, 0.2) is 42.5 Å². The Morgan fingerprint density at radius 1 is 1.11 bits per heavy atom. The largest absolute Gasteiger partial charge is 0.496 e. The molecule has 2 N–H and O–H groups in total. The second-order valence-electron chi connectivity index (χ2n) is 10.2. The molecule has 1 atom stereocenters. The van der Waals surface area contributed by atoms with Gasteiger partial charge in [-0.25, -0.2) is 4.79 Å². The van der Waals surface area contributed by atoms with Gasteiger partial charge in [0.25, 0.3) is 0 Å². The molecule has 3 aromatic rings. The standard InChI is InChI=1S/C30H34ClNO4/c1-7-18-12-21-20-11-9-8-10-19(20)14-23(21)22(13-18)24-15-25(31)17(2)27(28(24)35-6)26(33)16-32-29(34)36-30(3,4)5/h8-13,15,26,33H,7,14,16H2,1-6H3,(H,32,34). The molecule has 1 aliphatic carbocycles. The number of aryl methyl sites for hydroxylation is 1. The van der Waals surface area contributed by atoms with Gasteiger partial charge >= 0.3 is 6.09 Å². The fraction of sp³-hybridized carbons (Fsp3) is 0.367. The first kappa shape index (κ1) is 26.1. The zero-order valence-electron chi connectivity index (χ0n) is 21.8. The molecule has 1 aliphatic rings. The molecule has 0 saturated heterocycles. The molecule has 36 heavy (non-hydrogen) atoms. The Labute approximate surface area is 218 Å². The van der Waals surface area contributed by atoms with E-state index in [-0.39, 0.29) is 6.54 Å². The van der Waals surface area contributed by atoms with Crippen LogP contribution in [0.25, 0.3) is 22.3 Å². The molecule has 5 nitrogen and oxygen atoms in total. The summed E-state index contributed by atoms with van der Waals surface area (Å²) in [5.74, 6) is 0.557. The van der Waals surface area contributed by atoms with Gasteiger partial charge in [-0.05, 0) is 85.5 Å². The van der Waals surface area contributed by atoms with E-state index in [1.54, 1.807) is 27.9 Å². The van der Waals surface area contributed by atoms with Crippen molar-refractivity contribution in [3.05, 3.63) is 75.3 Å². The number of ether oxygens (including phenoxy) is 2. The molecule has 0 aromatic heterocycles. The summed E-state index contributed by atoms with van der Waals surface area (Å²) in [7, 11) is 1.60. The van der Waals surface area contributed by atoms with E-state index in [2.05, 4.69) is 48.6 Å². The van der Waals surface area contributed by atoms with Gasteiger partial charge in [-0.1, -0.05) is 54.9 Å². The summed E-state index contributed by atoms with van der Waals surface area (Å²) < 4.78 is 11.2. The van der Waals surface area contributed by atoms with Gasteiger partial charge in [-0.2, -0.15) is 0 Å². The van der Waals surface area contributed by atoms with E-state index in [4.69, 9.17) is 21.1 Å². The van der Waals surface area contributed by atoms with Crippen molar-refractivity contribution in [3.8, 4) is 28.0 Å². The van der Waals surface area contributed by atoms with Crippen LogP contribution >= 0.6 is 11.6 Å². The van der Waals surface area contributed by atoms with E-state index in [0.717, 1.165) is 24.0 Å². The Morgan fingerprint density at radius 2 is 1.78 bits per heavy atom. The highest BCUT2D eigenvalue weighted by Crippen LogP contribution is 2.48. The van der Waals surface area contributed by atoms with Gasteiger partial charge in [-0.3, -0.25) is 0 Å². The second-order valence-corrected chi connectivity index (χ2v) is 10.6. The number of amides is 1. The van der Waals surface area contributed by atoms with E-state index >= 15 is 0 Å². The lowest BCUT2D eigenvalue weighted by molar-refractivity contribution is 0.0490. The number of fused-ring (bicyclic) bond motifs is 3.